The molecule has 0 amide bonds. The predicted octanol–water partition coefficient (Wildman–Crippen LogP) is 2.90. The molecule has 4 nitrogen and oxygen atoms in total. The number of ether oxygens (including phenoxy) is 3. The molecule has 1 aliphatic rings. The fourth-order valence-electron chi connectivity index (χ4n) is 2.52. The molecule has 0 aromatic carbocycles. The van der Waals surface area contributed by atoms with Crippen LogP contribution >= 0.6 is 0 Å². The van der Waals surface area contributed by atoms with Crippen molar-refractivity contribution in [2.45, 2.75) is 71.9 Å². The third kappa shape index (κ3) is 4.69. The predicted molar refractivity (Wildman–Crippen MR) is 78.8 cm³/mol. The molecule has 0 aromatic rings. The molecule has 0 fully saturated rings. The fraction of sp³-hybridized carbons (Fsp3) is 0.812. The Hall–Kier alpha value is -0.710. The molecule has 1 aliphatic carbocycles. The molecule has 0 aromatic heterocycles. The number of rotatable bonds is 8. The minimum Gasteiger partial charge on any atom is -0.375 e. The van der Waals surface area contributed by atoms with Crippen molar-refractivity contribution < 1.29 is 19.0 Å². The lowest BCUT2D eigenvalue weighted by atomic mass is 9.88. The Labute approximate surface area is 122 Å². The molecule has 0 spiro atoms. The van der Waals surface area contributed by atoms with E-state index in [1.807, 2.05) is 40.7 Å². The first-order valence-electron chi connectivity index (χ1n) is 7.65. The Kier molecular flexibility index (Phi) is 7.41. The third-order valence-electron chi connectivity index (χ3n) is 3.33. The minimum absolute atomic E-state index is 0.0998. The van der Waals surface area contributed by atoms with Crippen molar-refractivity contribution in [3.05, 3.63) is 11.6 Å². The molecule has 0 saturated carbocycles. The van der Waals surface area contributed by atoms with Gasteiger partial charge >= 0.3 is 0 Å². The van der Waals surface area contributed by atoms with Crippen LogP contribution in [-0.4, -0.2) is 43.4 Å². The van der Waals surface area contributed by atoms with Gasteiger partial charge in [0.05, 0.1) is 12.2 Å². The summed E-state index contributed by atoms with van der Waals surface area (Å²) in [6.07, 6.45) is 2.68. The summed E-state index contributed by atoms with van der Waals surface area (Å²) < 4.78 is 17.5. The second kappa shape index (κ2) is 8.55. The number of hydrogen-bond donors (Lipinski definition) is 0. The summed E-state index contributed by atoms with van der Waals surface area (Å²) >= 11 is 0. The van der Waals surface area contributed by atoms with Crippen molar-refractivity contribution in [1.82, 2.24) is 0 Å². The normalized spacial score (nSPS) is 26.7. The molecule has 0 saturated heterocycles. The first kappa shape index (κ1) is 17.3. The lowest BCUT2D eigenvalue weighted by molar-refractivity contribution is -0.145. The maximum Gasteiger partial charge on any atom is 0.158 e. The summed E-state index contributed by atoms with van der Waals surface area (Å²) in [5.74, 6) is 0.169. The van der Waals surface area contributed by atoms with Crippen molar-refractivity contribution in [2.75, 3.05) is 13.2 Å². The van der Waals surface area contributed by atoms with Crippen LogP contribution in [0.3, 0.4) is 0 Å². The second-order valence-electron chi connectivity index (χ2n) is 5.24. The first-order chi connectivity index (χ1) is 9.53. The number of Topliss-reactive ketones (excluding diaryl/α,β-unsaturated/α-hetero) is 1. The topological polar surface area (TPSA) is 44.8 Å². The maximum atomic E-state index is 12.0. The Morgan fingerprint density at radius 1 is 1.25 bits per heavy atom. The van der Waals surface area contributed by atoms with Crippen LogP contribution in [0.1, 0.15) is 47.5 Å². The van der Waals surface area contributed by atoms with Gasteiger partial charge in [0.2, 0.25) is 0 Å². The van der Waals surface area contributed by atoms with E-state index in [2.05, 4.69) is 0 Å². The van der Waals surface area contributed by atoms with Gasteiger partial charge in [0, 0.05) is 26.1 Å². The quantitative estimate of drug-likeness (QED) is 0.687. The van der Waals surface area contributed by atoms with Crippen LogP contribution in [-0.2, 0) is 19.0 Å². The molecule has 116 valence electrons. The van der Waals surface area contributed by atoms with Gasteiger partial charge in [-0.25, -0.2) is 0 Å². The molecule has 20 heavy (non-hydrogen) atoms. The third-order valence-corrected chi connectivity index (χ3v) is 3.33. The number of carbonyl (C=O) groups excluding carboxylic acids is 1. The SMILES string of the molecule is CCOC1C=C(C(=O)CC)CC(OCC)C1OC(C)C. The highest BCUT2D eigenvalue weighted by Crippen LogP contribution is 2.28. The van der Waals surface area contributed by atoms with Crippen LogP contribution in [0.2, 0.25) is 0 Å². The minimum atomic E-state index is -0.210. The summed E-state index contributed by atoms with van der Waals surface area (Å²) in [4.78, 5) is 12.0. The molecule has 3 unspecified atom stereocenters. The van der Waals surface area contributed by atoms with Crippen molar-refractivity contribution in [3.8, 4) is 0 Å². The number of hydrogen-bond acceptors (Lipinski definition) is 4. The summed E-state index contributed by atoms with van der Waals surface area (Å²) in [5.41, 5.74) is 0.813. The average molecular weight is 284 g/mol. The highest BCUT2D eigenvalue weighted by molar-refractivity contribution is 5.95. The standard InChI is InChI=1S/C16H28O4/c1-6-13(17)12-9-14(18-7-2)16(20-11(4)5)15(10-12)19-8-3/h9,11,14-16H,6-8,10H2,1-5H3. The summed E-state index contributed by atoms with van der Waals surface area (Å²) in [6, 6.07) is 0. The van der Waals surface area contributed by atoms with Gasteiger partial charge < -0.3 is 14.2 Å². The largest absolute Gasteiger partial charge is 0.375 e. The van der Waals surface area contributed by atoms with E-state index in [4.69, 9.17) is 14.2 Å². The van der Waals surface area contributed by atoms with Crippen LogP contribution in [0.4, 0.5) is 0 Å². The first-order valence-corrected chi connectivity index (χ1v) is 7.65. The van der Waals surface area contributed by atoms with Crippen molar-refractivity contribution in [1.29, 1.82) is 0 Å². The van der Waals surface area contributed by atoms with Gasteiger partial charge in [-0.3, -0.25) is 4.79 Å². The second-order valence-corrected chi connectivity index (χ2v) is 5.24. The molecule has 3 atom stereocenters. The van der Waals surface area contributed by atoms with Gasteiger partial charge in [-0.1, -0.05) is 6.92 Å². The van der Waals surface area contributed by atoms with E-state index < -0.39 is 0 Å². The molecule has 0 bridgehead atoms. The van der Waals surface area contributed by atoms with Gasteiger partial charge in [0.1, 0.15) is 12.2 Å². The molecule has 0 N–H and O–H groups in total. The molecular formula is C16H28O4. The molecular weight excluding hydrogens is 256 g/mol. The van der Waals surface area contributed by atoms with Crippen LogP contribution in [0.5, 0.6) is 0 Å². The zero-order chi connectivity index (χ0) is 15.1. The Bertz CT molecular complexity index is 335. The lowest BCUT2D eigenvalue weighted by Gasteiger charge is -2.37. The number of ketones is 1. The van der Waals surface area contributed by atoms with Crippen LogP contribution in [0, 0.1) is 0 Å². The Morgan fingerprint density at radius 2 is 1.90 bits per heavy atom. The smallest absolute Gasteiger partial charge is 0.158 e. The van der Waals surface area contributed by atoms with Crippen molar-refractivity contribution >= 4 is 5.78 Å². The van der Waals surface area contributed by atoms with Crippen molar-refractivity contribution in [3.63, 3.8) is 0 Å². The van der Waals surface area contributed by atoms with E-state index in [1.54, 1.807) is 0 Å². The van der Waals surface area contributed by atoms with Gasteiger partial charge in [-0.2, -0.15) is 0 Å². The fourth-order valence-corrected chi connectivity index (χ4v) is 2.52. The lowest BCUT2D eigenvalue weighted by Crippen LogP contribution is -2.46. The summed E-state index contributed by atoms with van der Waals surface area (Å²) in [7, 11) is 0. The van der Waals surface area contributed by atoms with Crippen molar-refractivity contribution in [2.24, 2.45) is 0 Å². The molecule has 4 heteroatoms. The van der Waals surface area contributed by atoms with Gasteiger partial charge in [0.15, 0.2) is 5.78 Å². The summed E-state index contributed by atoms with van der Waals surface area (Å²) in [5, 5.41) is 0. The highest BCUT2D eigenvalue weighted by Gasteiger charge is 2.37. The zero-order valence-electron chi connectivity index (χ0n) is 13.3. The van der Waals surface area contributed by atoms with Crippen LogP contribution in [0.15, 0.2) is 11.6 Å². The highest BCUT2D eigenvalue weighted by atomic mass is 16.6. The van der Waals surface area contributed by atoms with E-state index in [9.17, 15) is 4.79 Å². The average Bonchev–Trinajstić information content (AvgIpc) is 2.41. The van der Waals surface area contributed by atoms with Crippen LogP contribution in [0.25, 0.3) is 0 Å². The Morgan fingerprint density at radius 3 is 2.40 bits per heavy atom. The maximum absolute atomic E-state index is 12.0. The molecule has 0 aliphatic heterocycles. The van der Waals surface area contributed by atoms with E-state index in [0.29, 0.717) is 26.1 Å². The monoisotopic (exact) mass is 284 g/mol. The van der Waals surface area contributed by atoms with Crippen LogP contribution < -0.4 is 0 Å². The summed E-state index contributed by atoms with van der Waals surface area (Å²) in [6.45, 7) is 11.0. The molecule has 1 rings (SSSR count). The van der Waals surface area contributed by atoms with E-state index in [0.717, 1.165) is 5.57 Å². The number of carbonyl (C=O) groups is 1. The molecule has 0 radical (unpaired) electrons. The van der Waals surface area contributed by atoms with E-state index in [-0.39, 0.29) is 30.2 Å². The molecule has 0 heterocycles. The van der Waals surface area contributed by atoms with E-state index >= 15 is 0 Å². The van der Waals surface area contributed by atoms with E-state index in [1.165, 1.54) is 0 Å². The van der Waals surface area contributed by atoms with Gasteiger partial charge in [0.25, 0.3) is 0 Å². The van der Waals surface area contributed by atoms with Gasteiger partial charge in [-0.05, 0) is 39.3 Å². The van der Waals surface area contributed by atoms with Gasteiger partial charge in [-0.15, -0.1) is 0 Å². The zero-order valence-corrected chi connectivity index (χ0v) is 13.3. The Balaban J connectivity index is 2.97.